The van der Waals surface area contributed by atoms with Crippen LogP contribution in [0.25, 0.3) is 28.3 Å². The van der Waals surface area contributed by atoms with Crippen LogP contribution >= 0.6 is 17.0 Å². The van der Waals surface area contributed by atoms with Gasteiger partial charge in [-0.15, -0.1) is 0 Å². The Morgan fingerprint density at radius 2 is 1.50 bits per heavy atom. The standard InChI is InChI=1S/C20H21.C12H9Si.2ClH.Zr/c1-12-8-15(4)16(5)18(10-12)20-14(3)6-7-17-9-13(2)11-19(17)20;1-3-7-11-9(5-1)10-6-2-4-8-12(10)13-11;;;/h6-11H,1-5H3;1-7H,13H2;2*1H;/q;;;;+2/p-2. The van der Waals surface area contributed by atoms with Gasteiger partial charge >= 0.3 is 230 Å². The number of aryl methyl sites for hydroxylation is 3. The third-order valence-electron chi connectivity index (χ3n) is 8.28. The molecule has 1 unspecified atom stereocenters. The topological polar surface area (TPSA) is 0 Å². The second-order valence-electron chi connectivity index (χ2n) is 10.6. The first kappa shape index (κ1) is 24.6. The van der Waals surface area contributed by atoms with Gasteiger partial charge in [-0.1, -0.05) is 0 Å². The van der Waals surface area contributed by atoms with Gasteiger partial charge in [-0.3, -0.25) is 0 Å². The molecule has 36 heavy (non-hydrogen) atoms. The number of rotatable bonds is 3. The molecule has 180 valence electrons. The van der Waals surface area contributed by atoms with Gasteiger partial charge in [-0.25, -0.2) is 0 Å². The summed E-state index contributed by atoms with van der Waals surface area (Å²) in [6, 6.07) is 24.7. The molecule has 0 saturated carbocycles. The molecule has 0 bridgehead atoms. The number of halogens is 2. The molecule has 4 heteroatoms. The van der Waals surface area contributed by atoms with Gasteiger partial charge in [0.25, 0.3) is 0 Å². The molecule has 6 rings (SSSR count). The average molecular weight is 605 g/mol. The van der Waals surface area contributed by atoms with Crippen LogP contribution in [-0.2, 0) is 17.9 Å². The first-order chi connectivity index (χ1) is 17.2. The van der Waals surface area contributed by atoms with Crippen molar-refractivity contribution in [2.75, 3.05) is 0 Å². The van der Waals surface area contributed by atoms with E-state index in [-0.39, 0.29) is 3.63 Å². The van der Waals surface area contributed by atoms with Gasteiger partial charge in [0, 0.05) is 0 Å². The molecule has 0 aromatic heterocycles. The maximum absolute atomic E-state index is 7.69. The van der Waals surface area contributed by atoms with Crippen molar-refractivity contribution >= 4 is 46.3 Å². The molecule has 0 amide bonds. The molecule has 1 aliphatic carbocycles. The fraction of sp³-hybridized carbons (Fsp3) is 0.188. The molecule has 0 fully saturated rings. The number of hydrogen-bond donors (Lipinski definition) is 0. The van der Waals surface area contributed by atoms with Gasteiger partial charge in [-0.2, -0.15) is 0 Å². The fourth-order valence-corrected chi connectivity index (χ4v) is 23.6. The van der Waals surface area contributed by atoms with Crippen LogP contribution in [0.3, 0.4) is 0 Å². The molecular weight excluding hydrogens is 575 g/mol. The third-order valence-corrected chi connectivity index (χ3v) is 22.8. The molecule has 0 N–H and O–H groups in total. The van der Waals surface area contributed by atoms with E-state index in [4.69, 9.17) is 17.0 Å². The van der Waals surface area contributed by atoms with Crippen LogP contribution in [0.15, 0.2) is 72.3 Å². The van der Waals surface area contributed by atoms with Crippen LogP contribution in [0.2, 0.25) is 0 Å². The van der Waals surface area contributed by atoms with Gasteiger partial charge in [0.2, 0.25) is 0 Å². The molecule has 1 atom stereocenters. The average Bonchev–Trinajstić information content (AvgIpc) is 3.38. The molecule has 0 nitrogen and oxygen atoms in total. The Morgan fingerprint density at radius 3 is 2.31 bits per heavy atom. The molecule has 0 spiro atoms. The molecular formula is C32H30Cl2SiZr. The molecule has 0 saturated heterocycles. The minimum atomic E-state index is -3.88. The summed E-state index contributed by atoms with van der Waals surface area (Å²) in [6.07, 6.45) is 2.38. The van der Waals surface area contributed by atoms with E-state index >= 15 is 0 Å². The van der Waals surface area contributed by atoms with E-state index in [0.29, 0.717) is 0 Å². The predicted molar refractivity (Wildman–Crippen MR) is 158 cm³/mol. The van der Waals surface area contributed by atoms with E-state index in [1.807, 2.05) is 0 Å². The normalized spacial score (nSPS) is 16.6. The van der Waals surface area contributed by atoms with Crippen LogP contribution in [-0.4, -0.2) is 9.52 Å². The van der Waals surface area contributed by atoms with Crippen LogP contribution in [0.5, 0.6) is 0 Å². The van der Waals surface area contributed by atoms with Crippen molar-refractivity contribution in [3.05, 3.63) is 106 Å². The van der Waals surface area contributed by atoms with Crippen molar-refractivity contribution in [3.63, 3.8) is 0 Å². The molecule has 2 aliphatic rings. The third kappa shape index (κ3) is 3.71. The molecule has 1 aliphatic heterocycles. The summed E-state index contributed by atoms with van der Waals surface area (Å²) < 4.78 is 1.41. The maximum atomic E-state index is 7.69. The second kappa shape index (κ2) is 8.95. The van der Waals surface area contributed by atoms with E-state index in [9.17, 15) is 0 Å². The van der Waals surface area contributed by atoms with Crippen LogP contribution in [0, 0.1) is 27.7 Å². The Balaban J connectivity index is 1.52. The van der Waals surface area contributed by atoms with Crippen molar-refractivity contribution in [2.24, 2.45) is 0 Å². The Morgan fingerprint density at radius 1 is 0.750 bits per heavy atom. The summed E-state index contributed by atoms with van der Waals surface area (Å²) in [6.45, 7) is 11.1. The first-order valence-corrected chi connectivity index (χ1v) is 23.1. The molecule has 1 heterocycles. The van der Waals surface area contributed by atoms with E-state index in [2.05, 4.69) is 107 Å². The number of benzene rings is 4. The van der Waals surface area contributed by atoms with Gasteiger partial charge in [0.05, 0.1) is 0 Å². The van der Waals surface area contributed by atoms with Gasteiger partial charge in [-0.05, 0) is 0 Å². The van der Waals surface area contributed by atoms with E-state index in [1.54, 1.807) is 0 Å². The number of fused-ring (bicyclic) bond motifs is 4. The molecule has 4 aromatic rings. The minimum absolute atomic E-state index is 0.118. The van der Waals surface area contributed by atoms with Gasteiger partial charge < -0.3 is 0 Å². The number of allylic oxidation sites excluding steroid dienone is 1. The Kier molecular flexibility index (Phi) is 6.12. The molecule has 4 aromatic carbocycles. The van der Waals surface area contributed by atoms with E-state index in [0.717, 1.165) is 0 Å². The summed E-state index contributed by atoms with van der Waals surface area (Å²) >= 11 is -3.88. The zero-order chi connectivity index (χ0) is 25.4. The summed E-state index contributed by atoms with van der Waals surface area (Å²) in [7, 11) is 14.8. The van der Waals surface area contributed by atoms with Crippen molar-refractivity contribution in [2.45, 2.75) is 38.2 Å². The van der Waals surface area contributed by atoms with E-state index in [1.165, 1.54) is 74.9 Å². The summed E-state index contributed by atoms with van der Waals surface area (Å²) in [5.74, 6) is 0. The quantitative estimate of drug-likeness (QED) is 0.196. The van der Waals surface area contributed by atoms with Crippen molar-refractivity contribution < 1.29 is 17.9 Å². The van der Waals surface area contributed by atoms with Gasteiger partial charge in [0.15, 0.2) is 0 Å². The van der Waals surface area contributed by atoms with Crippen LogP contribution in [0.4, 0.5) is 0 Å². The van der Waals surface area contributed by atoms with Crippen molar-refractivity contribution in [1.29, 1.82) is 0 Å². The van der Waals surface area contributed by atoms with Crippen molar-refractivity contribution in [3.8, 4) is 22.3 Å². The van der Waals surface area contributed by atoms with Gasteiger partial charge in [0.1, 0.15) is 0 Å². The zero-order valence-corrected chi connectivity index (χ0v) is 26.9. The first-order valence-electron chi connectivity index (χ1n) is 12.7. The van der Waals surface area contributed by atoms with Crippen LogP contribution < -0.4 is 13.6 Å². The summed E-state index contributed by atoms with van der Waals surface area (Å²) in [5.41, 5.74) is 14.7. The Bertz CT molecular complexity index is 1600. The number of hydrogen-bond acceptors (Lipinski definition) is 0. The summed E-state index contributed by atoms with van der Waals surface area (Å²) in [5, 5.41) is 3.00. The summed E-state index contributed by atoms with van der Waals surface area (Å²) in [4.78, 5) is 0. The fourth-order valence-electron chi connectivity index (χ4n) is 6.47. The van der Waals surface area contributed by atoms with E-state index < -0.39 is 27.4 Å². The second-order valence-corrected chi connectivity index (χ2v) is 26.5. The predicted octanol–water partition coefficient (Wildman–Crippen LogP) is 6.93. The Hall–Kier alpha value is -1.70. The van der Waals surface area contributed by atoms with Crippen LogP contribution in [0.1, 0.15) is 43.9 Å². The monoisotopic (exact) mass is 602 g/mol. The van der Waals surface area contributed by atoms with Crippen molar-refractivity contribution in [1.82, 2.24) is 0 Å². The Labute approximate surface area is 228 Å². The zero-order valence-electron chi connectivity index (χ0n) is 21.5. The molecule has 0 radical (unpaired) electrons. The SMILES string of the molecule is CC1=Cc2c(ccc(C)c2-c2cc(C)cc(C)c2C)[CH]1[Zr]([Cl])([Cl])[c]1cccc2c1[SiH2]c1ccccc1-2.